The summed E-state index contributed by atoms with van der Waals surface area (Å²) in [5, 5.41) is 18.8. The number of benzene rings is 3. The molecule has 0 amide bonds. The Hall–Kier alpha value is -2.51. The van der Waals surface area contributed by atoms with Gasteiger partial charge in [0.2, 0.25) is 0 Å². The lowest BCUT2D eigenvalue weighted by Gasteiger charge is -2.36. The highest BCUT2D eigenvalue weighted by atomic mass is 32.2. The molecule has 6 heteroatoms. The maximum Gasteiger partial charge on any atom is 0.184 e. The van der Waals surface area contributed by atoms with Crippen molar-refractivity contribution in [2.45, 2.75) is 36.4 Å². The van der Waals surface area contributed by atoms with E-state index in [9.17, 15) is 10.2 Å². The van der Waals surface area contributed by atoms with Crippen LogP contribution in [0.4, 0.5) is 5.69 Å². The summed E-state index contributed by atoms with van der Waals surface area (Å²) in [6.07, 6.45) is 0.0765. The molecule has 156 valence electrons. The van der Waals surface area contributed by atoms with E-state index in [4.69, 9.17) is 15.2 Å². The fourth-order valence-corrected chi connectivity index (χ4v) is 4.38. The highest BCUT2D eigenvalue weighted by Crippen LogP contribution is 2.39. The van der Waals surface area contributed by atoms with E-state index in [0.717, 1.165) is 33.8 Å². The number of nitrogen functional groups attached to an aromatic ring is 1. The quantitative estimate of drug-likeness (QED) is 0.390. The number of hydrogen-bond acceptors (Lipinski definition) is 6. The number of anilines is 1. The van der Waals surface area contributed by atoms with Gasteiger partial charge in [-0.15, -0.1) is 11.8 Å². The first-order valence-corrected chi connectivity index (χ1v) is 10.9. The maximum absolute atomic E-state index is 9.48. The Morgan fingerprint density at radius 2 is 1.70 bits per heavy atom. The molecule has 1 saturated heterocycles. The van der Waals surface area contributed by atoms with Crippen LogP contribution in [0.3, 0.4) is 0 Å². The molecule has 0 spiro atoms. The van der Waals surface area contributed by atoms with E-state index in [-0.39, 0.29) is 24.6 Å². The van der Waals surface area contributed by atoms with Crippen LogP contribution >= 0.6 is 11.8 Å². The highest BCUT2D eigenvalue weighted by molar-refractivity contribution is 7.99. The summed E-state index contributed by atoms with van der Waals surface area (Å²) >= 11 is 1.69. The van der Waals surface area contributed by atoms with Crippen LogP contribution in [-0.2, 0) is 16.1 Å². The summed E-state index contributed by atoms with van der Waals surface area (Å²) in [7, 11) is 0. The summed E-state index contributed by atoms with van der Waals surface area (Å²) in [4.78, 5) is 1.08. The number of phenols is 1. The average molecular weight is 424 g/mol. The maximum atomic E-state index is 9.48. The van der Waals surface area contributed by atoms with Crippen molar-refractivity contribution < 1.29 is 19.7 Å². The van der Waals surface area contributed by atoms with Crippen LogP contribution < -0.4 is 5.73 Å². The van der Waals surface area contributed by atoms with Crippen LogP contribution in [0.1, 0.15) is 35.5 Å². The van der Waals surface area contributed by atoms with Gasteiger partial charge in [0.1, 0.15) is 5.75 Å². The molecule has 30 heavy (non-hydrogen) atoms. The van der Waals surface area contributed by atoms with Crippen LogP contribution in [0.15, 0.2) is 77.7 Å². The van der Waals surface area contributed by atoms with Gasteiger partial charge in [-0.25, -0.2) is 0 Å². The minimum atomic E-state index is -0.504. The fraction of sp³-hybridized carbons (Fsp3) is 0.250. The van der Waals surface area contributed by atoms with E-state index in [1.54, 1.807) is 23.9 Å². The van der Waals surface area contributed by atoms with Gasteiger partial charge in [0, 0.05) is 28.3 Å². The molecule has 3 aromatic carbocycles. The van der Waals surface area contributed by atoms with Crippen molar-refractivity contribution in [3.63, 3.8) is 0 Å². The summed E-state index contributed by atoms with van der Waals surface area (Å²) in [6, 6.07) is 22.6. The molecular weight excluding hydrogens is 398 g/mol. The number of ether oxygens (including phenoxy) is 2. The zero-order valence-corrected chi connectivity index (χ0v) is 17.3. The van der Waals surface area contributed by atoms with Crippen LogP contribution in [-0.4, -0.2) is 22.1 Å². The minimum absolute atomic E-state index is 0.0206. The van der Waals surface area contributed by atoms with E-state index >= 15 is 0 Å². The third-order valence-electron chi connectivity index (χ3n) is 5.07. The lowest BCUT2D eigenvalue weighted by molar-refractivity contribution is -0.245. The molecule has 0 bridgehead atoms. The standard InChI is InChI=1S/C24H25NO4S/c25-19-3-1-2-18(12-19)24-28-21(15-30-22-10-8-20(27)9-11-22)13-23(29-24)17-6-4-16(14-26)5-7-17/h1-12,21,23-24,26-27H,13-15,25H2. The third-order valence-corrected chi connectivity index (χ3v) is 6.21. The highest BCUT2D eigenvalue weighted by Gasteiger charge is 2.32. The van der Waals surface area contributed by atoms with Gasteiger partial charge in [-0.1, -0.05) is 36.4 Å². The largest absolute Gasteiger partial charge is 0.508 e. The van der Waals surface area contributed by atoms with Gasteiger partial charge in [-0.05, 0) is 47.5 Å². The number of hydrogen-bond donors (Lipinski definition) is 3. The molecule has 0 radical (unpaired) electrons. The van der Waals surface area contributed by atoms with E-state index in [0.29, 0.717) is 5.69 Å². The van der Waals surface area contributed by atoms with Crippen molar-refractivity contribution >= 4 is 17.4 Å². The molecule has 4 rings (SSSR count). The zero-order valence-electron chi connectivity index (χ0n) is 16.5. The van der Waals surface area contributed by atoms with Gasteiger partial charge in [0.25, 0.3) is 0 Å². The minimum Gasteiger partial charge on any atom is -0.508 e. The molecule has 3 aromatic rings. The van der Waals surface area contributed by atoms with E-state index in [1.165, 1.54) is 0 Å². The van der Waals surface area contributed by atoms with Gasteiger partial charge in [0.05, 0.1) is 18.8 Å². The van der Waals surface area contributed by atoms with Gasteiger partial charge >= 0.3 is 0 Å². The number of nitrogens with two attached hydrogens (primary N) is 1. The Morgan fingerprint density at radius 1 is 0.933 bits per heavy atom. The number of rotatable bonds is 6. The Morgan fingerprint density at radius 3 is 2.40 bits per heavy atom. The Kier molecular flexibility index (Phi) is 6.59. The van der Waals surface area contributed by atoms with E-state index in [1.807, 2.05) is 60.7 Å². The van der Waals surface area contributed by atoms with Gasteiger partial charge in [-0.2, -0.15) is 0 Å². The van der Waals surface area contributed by atoms with Gasteiger partial charge < -0.3 is 25.4 Å². The second-order valence-electron chi connectivity index (χ2n) is 7.33. The molecule has 1 aliphatic rings. The first-order valence-electron chi connectivity index (χ1n) is 9.88. The first-order chi connectivity index (χ1) is 14.6. The van der Waals surface area contributed by atoms with Crippen molar-refractivity contribution in [2.75, 3.05) is 11.5 Å². The van der Waals surface area contributed by atoms with Crippen LogP contribution in [0, 0.1) is 0 Å². The molecule has 4 N–H and O–H groups in total. The van der Waals surface area contributed by atoms with E-state index < -0.39 is 6.29 Å². The first kappa shape index (κ1) is 20.8. The van der Waals surface area contributed by atoms with Crippen molar-refractivity contribution in [2.24, 2.45) is 0 Å². The third kappa shape index (κ3) is 5.15. The molecule has 0 saturated carbocycles. The molecule has 5 nitrogen and oxygen atoms in total. The van der Waals surface area contributed by atoms with E-state index in [2.05, 4.69) is 0 Å². The van der Waals surface area contributed by atoms with Crippen LogP contribution in [0.25, 0.3) is 0 Å². The molecular formula is C24H25NO4S. The van der Waals surface area contributed by atoms with Gasteiger partial charge in [-0.3, -0.25) is 0 Å². The van der Waals surface area contributed by atoms with Crippen LogP contribution in [0.2, 0.25) is 0 Å². The molecule has 1 fully saturated rings. The molecule has 1 aliphatic heterocycles. The average Bonchev–Trinajstić information content (AvgIpc) is 2.78. The Balaban J connectivity index is 1.53. The molecule has 1 heterocycles. The van der Waals surface area contributed by atoms with Crippen molar-refractivity contribution in [3.8, 4) is 5.75 Å². The van der Waals surface area contributed by atoms with Crippen molar-refractivity contribution in [1.29, 1.82) is 0 Å². The SMILES string of the molecule is Nc1cccc(C2OC(CSc3ccc(O)cc3)CC(c3ccc(CO)cc3)O2)c1. The molecule has 0 aliphatic carbocycles. The lowest BCUT2D eigenvalue weighted by atomic mass is 10.0. The fourth-order valence-electron chi connectivity index (χ4n) is 3.46. The smallest absolute Gasteiger partial charge is 0.184 e. The topological polar surface area (TPSA) is 84.9 Å². The molecule has 0 aromatic heterocycles. The summed E-state index contributed by atoms with van der Waals surface area (Å²) < 4.78 is 12.6. The summed E-state index contributed by atoms with van der Waals surface area (Å²) in [5.74, 6) is 1.02. The van der Waals surface area contributed by atoms with Crippen molar-refractivity contribution in [1.82, 2.24) is 0 Å². The Labute approximate surface area is 180 Å². The normalized spacial score (nSPS) is 21.4. The summed E-state index contributed by atoms with van der Waals surface area (Å²) in [6.45, 7) is 0.0206. The Bertz CT molecular complexity index is 962. The lowest BCUT2D eigenvalue weighted by Crippen LogP contribution is -2.31. The number of aliphatic hydroxyl groups is 1. The van der Waals surface area contributed by atoms with Crippen molar-refractivity contribution in [3.05, 3.63) is 89.5 Å². The monoisotopic (exact) mass is 423 g/mol. The molecule has 3 atom stereocenters. The number of phenolic OH excluding ortho intramolecular Hbond substituents is 1. The second-order valence-corrected chi connectivity index (χ2v) is 8.42. The number of aromatic hydroxyl groups is 1. The summed E-state index contributed by atoms with van der Waals surface area (Å²) in [5.41, 5.74) is 9.46. The predicted molar refractivity (Wildman–Crippen MR) is 118 cm³/mol. The van der Waals surface area contributed by atoms with Gasteiger partial charge in [0.15, 0.2) is 6.29 Å². The predicted octanol–water partition coefficient (Wildman–Crippen LogP) is 4.80. The second kappa shape index (κ2) is 9.53. The molecule has 3 unspecified atom stereocenters. The zero-order chi connectivity index (χ0) is 20.9. The number of aliphatic hydroxyl groups excluding tert-OH is 1. The van der Waals surface area contributed by atoms with Crippen LogP contribution in [0.5, 0.6) is 5.75 Å². The number of thioether (sulfide) groups is 1.